The van der Waals surface area contributed by atoms with Crippen LogP contribution >= 0.6 is 11.3 Å². The van der Waals surface area contributed by atoms with Gasteiger partial charge in [-0.15, -0.1) is 6.58 Å². The number of carbonyl (C=O) groups excluding carboxylic acids is 1. The molecule has 2 aromatic rings. The van der Waals surface area contributed by atoms with Gasteiger partial charge in [-0.2, -0.15) is 4.99 Å². The number of fused-ring (bicyclic) bond motifs is 1. The minimum Gasteiger partial charge on any atom is -0.313 e. The molecule has 2 N–H and O–H groups in total. The molecule has 2 heterocycles. The van der Waals surface area contributed by atoms with Gasteiger partial charge in [-0.05, 0) is 31.0 Å². The molecule has 1 amide bonds. The van der Waals surface area contributed by atoms with Crippen LogP contribution in [0.1, 0.15) is 12.8 Å². The van der Waals surface area contributed by atoms with Crippen LogP contribution in [0.5, 0.6) is 0 Å². The molecular weight excluding hydrogens is 436 g/mol. The molecule has 0 atom stereocenters. The summed E-state index contributed by atoms with van der Waals surface area (Å²) >= 11 is 1.19. The second-order valence-electron chi connectivity index (χ2n) is 6.84. The Morgan fingerprint density at radius 3 is 2.52 bits per heavy atom. The van der Waals surface area contributed by atoms with Crippen molar-refractivity contribution in [2.24, 2.45) is 16.0 Å². The average molecular weight is 459 g/mol. The van der Waals surface area contributed by atoms with Crippen molar-refractivity contribution < 1.29 is 21.6 Å². The number of carbonyl (C=O) groups is 1. The van der Waals surface area contributed by atoms with E-state index in [4.69, 9.17) is 5.14 Å². The zero-order chi connectivity index (χ0) is 21.4. The maximum atomic E-state index is 12.7. The summed E-state index contributed by atoms with van der Waals surface area (Å²) in [5.74, 6) is -0.662. The molecule has 0 aliphatic carbocycles. The number of primary sulfonamides is 1. The summed E-state index contributed by atoms with van der Waals surface area (Å²) in [6, 6.07) is 4.50. The van der Waals surface area contributed by atoms with Crippen molar-refractivity contribution in [3.05, 3.63) is 35.7 Å². The molecule has 0 unspecified atom stereocenters. The largest absolute Gasteiger partial charge is 0.313 e. The van der Waals surface area contributed by atoms with Crippen molar-refractivity contribution in [2.75, 3.05) is 19.3 Å². The van der Waals surface area contributed by atoms with Crippen molar-refractivity contribution in [1.29, 1.82) is 0 Å². The minimum absolute atomic E-state index is 0.0111. The van der Waals surface area contributed by atoms with Gasteiger partial charge in [-0.25, -0.2) is 26.3 Å². The average Bonchev–Trinajstić information content (AvgIpc) is 2.97. The fourth-order valence-corrected chi connectivity index (χ4v) is 5.81. The summed E-state index contributed by atoms with van der Waals surface area (Å²) in [6.07, 6.45) is 3.65. The van der Waals surface area contributed by atoms with Crippen LogP contribution in [0.4, 0.5) is 0 Å². The fraction of sp³-hybridized carbons (Fsp3) is 0.412. The molecule has 1 aromatic heterocycles. The van der Waals surface area contributed by atoms with Crippen LogP contribution in [0.3, 0.4) is 0 Å². The Labute approximate surface area is 173 Å². The van der Waals surface area contributed by atoms with E-state index in [2.05, 4.69) is 11.6 Å². The first-order valence-electron chi connectivity index (χ1n) is 8.81. The van der Waals surface area contributed by atoms with Gasteiger partial charge < -0.3 is 4.57 Å². The standard InChI is InChI=1S/C17H22N4O5S3/c1-3-8-21-14-5-4-13(29(18,25)26)11-15(14)27-17(21)19-16(22)12-6-9-20(10-7-12)28(2,23)24/h3-5,11-12H,1,6-10H2,2H3,(H2,18,25,26). The van der Waals surface area contributed by atoms with Crippen molar-refractivity contribution in [3.63, 3.8) is 0 Å². The van der Waals surface area contributed by atoms with Crippen LogP contribution in [0.25, 0.3) is 10.2 Å². The molecule has 0 radical (unpaired) electrons. The molecule has 9 nitrogen and oxygen atoms in total. The van der Waals surface area contributed by atoms with Crippen LogP contribution in [-0.2, 0) is 31.4 Å². The predicted octanol–water partition coefficient (Wildman–Crippen LogP) is 0.635. The molecule has 12 heteroatoms. The summed E-state index contributed by atoms with van der Waals surface area (Å²) in [5, 5.41) is 5.20. The van der Waals surface area contributed by atoms with Gasteiger partial charge in [0.2, 0.25) is 20.0 Å². The number of nitrogens with two attached hydrogens (primary N) is 1. The zero-order valence-electron chi connectivity index (χ0n) is 15.8. The smallest absolute Gasteiger partial charge is 0.251 e. The molecule has 0 saturated carbocycles. The third kappa shape index (κ3) is 4.83. The number of allylic oxidation sites excluding steroid dienone is 1. The normalized spacial score (nSPS) is 17.7. The molecule has 0 spiro atoms. The Balaban J connectivity index is 1.95. The fourth-order valence-electron chi connectivity index (χ4n) is 3.24. The van der Waals surface area contributed by atoms with E-state index in [1.54, 1.807) is 16.7 Å². The molecule has 3 rings (SSSR count). The molecule has 1 fully saturated rings. The predicted molar refractivity (Wildman–Crippen MR) is 111 cm³/mol. The van der Waals surface area contributed by atoms with Crippen molar-refractivity contribution in [3.8, 4) is 0 Å². The van der Waals surface area contributed by atoms with Gasteiger partial charge in [0.05, 0.1) is 21.4 Å². The van der Waals surface area contributed by atoms with Gasteiger partial charge in [-0.3, -0.25) is 4.79 Å². The highest BCUT2D eigenvalue weighted by atomic mass is 32.2. The Kier molecular flexibility index (Phi) is 6.11. The number of sulfonamides is 2. The van der Waals surface area contributed by atoms with Crippen LogP contribution in [0.2, 0.25) is 0 Å². The molecule has 0 bridgehead atoms. The Morgan fingerprint density at radius 1 is 1.31 bits per heavy atom. The highest BCUT2D eigenvalue weighted by Crippen LogP contribution is 2.23. The van der Waals surface area contributed by atoms with Crippen LogP contribution in [0, 0.1) is 5.92 Å². The lowest BCUT2D eigenvalue weighted by Crippen LogP contribution is -2.39. The summed E-state index contributed by atoms with van der Waals surface area (Å²) < 4.78 is 50.2. The Morgan fingerprint density at radius 2 is 1.97 bits per heavy atom. The number of thiazole rings is 1. The maximum absolute atomic E-state index is 12.7. The van der Waals surface area contributed by atoms with E-state index in [9.17, 15) is 21.6 Å². The Bertz CT molecular complexity index is 1230. The van der Waals surface area contributed by atoms with Crippen LogP contribution in [0.15, 0.2) is 40.7 Å². The van der Waals surface area contributed by atoms with E-state index in [1.807, 2.05) is 0 Å². The number of piperidine rings is 1. The maximum Gasteiger partial charge on any atom is 0.251 e. The molecule has 158 valence electrons. The number of rotatable bonds is 5. The van der Waals surface area contributed by atoms with Gasteiger partial charge >= 0.3 is 0 Å². The highest BCUT2D eigenvalue weighted by molar-refractivity contribution is 7.89. The number of amides is 1. The van der Waals surface area contributed by atoms with Gasteiger partial charge in [0.1, 0.15) is 0 Å². The van der Waals surface area contributed by atoms with Crippen LogP contribution in [-0.4, -0.2) is 51.0 Å². The summed E-state index contributed by atoms with van der Waals surface area (Å²) in [5.41, 5.74) is 0.723. The molecular formula is C17H22N4O5S3. The second kappa shape index (κ2) is 8.11. The molecule has 29 heavy (non-hydrogen) atoms. The third-order valence-electron chi connectivity index (χ3n) is 4.77. The van der Waals surface area contributed by atoms with Gasteiger partial charge in [0, 0.05) is 25.6 Å². The first-order chi connectivity index (χ1) is 13.5. The van der Waals surface area contributed by atoms with Crippen LogP contribution < -0.4 is 9.94 Å². The summed E-state index contributed by atoms with van der Waals surface area (Å²) in [6.45, 7) is 4.70. The highest BCUT2D eigenvalue weighted by Gasteiger charge is 2.29. The van der Waals surface area contributed by atoms with E-state index in [1.165, 1.54) is 27.8 Å². The zero-order valence-corrected chi connectivity index (χ0v) is 18.3. The van der Waals surface area contributed by atoms with Gasteiger partial charge in [0.25, 0.3) is 5.91 Å². The molecule has 1 aliphatic heterocycles. The first kappa shape index (κ1) is 21.8. The van der Waals surface area contributed by atoms with E-state index in [0.717, 1.165) is 11.8 Å². The SMILES string of the molecule is C=CCn1c(=NC(=O)C2CCN(S(C)(=O)=O)CC2)sc2cc(S(N)(=O)=O)ccc21. The number of aromatic nitrogens is 1. The van der Waals surface area contributed by atoms with E-state index in [0.29, 0.717) is 42.0 Å². The van der Waals surface area contributed by atoms with E-state index in [-0.39, 0.29) is 16.7 Å². The molecule has 1 aromatic carbocycles. The van der Waals surface area contributed by atoms with E-state index >= 15 is 0 Å². The summed E-state index contributed by atoms with van der Waals surface area (Å²) in [7, 11) is -7.10. The van der Waals surface area contributed by atoms with E-state index < -0.39 is 20.0 Å². The topological polar surface area (TPSA) is 132 Å². The second-order valence-corrected chi connectivity index (χ2v) is 11.4. The Hall–Kier alpha value is -1.86. The summed E-state index contributed by atoms with van der Waals surface area (Å²) in [4.78, 5) is 17.4. The monoisotopic (exact) mass is 458 g/mol. The van der Waals surface area contributed by atoms with Crippen molar-refractivity contribution in [2.45, 2.75) is 24.3 Å². The quantitative estimate of drug-likeness (QED) is 0.657. The number of hydrogen-bond acceptors (Lipinski definition) is 6. The lowest BCUT2D eigenvalue weighted by atomic mass is 9.98. The van der Waals surface area contributed by atoms with Gasteiger partial charge in [-0.1, -0.05) is 17.4 Å². The lowest BCUT2D eigenvalue weighted by molar-refractivity contribution is -0.122. The minimum atomic E-state index is -3.84. The van der Waals surface area contributed by atoms with Gasteiger partial charge in [0.15, 0.2) is 4.80 Å². The van der Waals surface area contributed by atoms with Crippen molar-refractivity contribution in [1.82, 2.24) is 8.87 Å². The number of nitrogens with zero attached hydrogens (tertiary/aromatic N) is 3. The van der Waals surface area contributed by atoms with Crippen molar-refractivity contribution >= 4 is 47.5 Å². The molecule has 1 aliphatic rings. The number of benzene rings is 1. The first-order valence-corrected chi connectivity index (χ1v) is 13.0. The lowest BCUT2D eigenvalue weighted by Gasteiger charge is -2.28. The third-order valence-corrected chi connectivity index (χ3v) is 8.03. The number of hydrogen-bond donors (Lipinski definition) is 1. The molecule has 1 saturated heterocycles.